The molecule has 1 saturated heterocycles. The van der Waals surface area contributed by atoms with E-state index in [1.807, 2.05) is 18.4 Å². The number of carbonyl (C=O) groups is 3. The summed E-state index contributed by atoms with van der Waals surface area (Å²) in [4.78, 5) is 40.6. The van der Waals surface area contributed by atoms with Gasteiger partial charge in [0.15, 0.2) is 4.34 Å². The smallest absolute Gasteiger partial charge is 0.229 e. The summed E-state index contributed by atoms with van der Waals surface area (Å²) in [7, 11) is 0. The largest absolute Gasteiger partial charge is 0.326 e. The van der Waals surface area contributed by atoms with Gasteiger partial charge in [0, 0.05) is 31.5 Å². The van der Waals surface area contributed by atoms with E-state index in [1.54, 1.807) is 29.2 Å². The van der Waals surface area contributed by atoms with Crippen LogP contribution in [0, 0.1) is 0 Å². The first-order valence-corrected chi connectivity index (χ1v) is 9.18. The van der Waals surface area contributed by atoms with Crippen LogP contribution in [-0.2, 0) is 14.4 Å². The number of rotatable bonds is 5. The van der Waals surface area contributed by atoms with Gasteiger partial charge in [-0.25, -0.2) is 4.98 Å². The molecule has 23 heavy (non-hydrogen) atoms. The fourth-order valence-corrected chi connectivity index (χ4v) is 3.91. The molecule has 120 valence electrons. The maximum absolute atomic E-state index is 12.0. The number of anilines is 1. The molecule has 8 heteroatoms. The summed E-state index contributed by atoms with van der Waals surface area (Å²) < 4.78 is 1.99. The van der Waals surface area contributed by atoms with Gasteiger partial charge in [-0.2, -0.15) is 0 Å². The van der Waals surface area contributed by atoms with Crippen molar-refractivity contribution in [2.75, 3.05) is 18.1 Å². The fraction of sp³-hybridized carbons (Fsp3) is 0.333. The zero-order chi connectivity index (χ0) is 16.4. The maximum Gasteiger partial charge on any atom is 0.229 e. The first-order chi connectivity index (χ1) is 11.1. The van der Waals surface area contributed by atoms with Gasteiger partial charge in [-0.05, 0) is 24.5 Å². The predicted molar refractivity (Wildman–Crippen MR) is 90.6 cm³/mol. The van der Waals surface area contributed by atoms with Gasteiger partial charge >= 0.3 is 0 Å². The summed E-state index contributed by atoms with van der Waals surface area (Å²) in [5.74, 6) is -0.608. The first-order valence-electron chi connectivity index (χ1n) is 7.14. The van der Waals surface area contributed by atoms with Crippen LogP contribution in [0.1, 0.15) is 19.3 Å². The average molecular weight is 349 g/mol. The van der Waals surface area contributed by atoms with Crippen LogP contribution >= 0.6 is 23.1 Å². The van der Waals surface area contributed by atoms with E-state index in [2.05, 4.69) is 10.3 Å². The van der Waals surface area contributed by atoms with Gasteiger partial charge in [-0.1, -0.05) is 11.8 Å². The molecule has 2 heterocycles. The lowest BCUT2D eigenvalue weighted by Gasteiger charge is -2.13. The molecule has 1 fully saturated rings. The van der Waals surface area contributed by atoms with Crippen LogP contribution in [0.4, 0.5) is 5.69 Å². The van der Waals surface area contributed by atoms with Crippen LogP contribution in [0.5, 0.6) is 0 Å². The predicted octanol–water partition coefficient (Wildman–Crippen LogP) is 2.50. The van der Waals surface area contributed by atoms with Crippen LogP contribution in [0.25, 0.3) is 10.2 Å². The Morgan fingerprint density at radius 1 is 1.35 bits per heavy atom. The zero-order valence-corrected chi connectivity index (χ0v) is 14.1. The molecule has 2 aromatic rings. The highest BCUT2D eigenvalue weighted by molar-refractivity contribution is 8.00. The van der Waals surface area contributed by atoms with Crippen LogP contribution < -0.4 is 5.32 Å². The van der Waals surface area contributed by atoms with E-state index in [0.717, 1.165) is 19.5 Å². The lowest BCUT2D eigenvalue weighted by molar-refractivity contribution is -0.138. The third-order valence-electron chi connectivity index (χ3n) is 3.54. The molecule has 3 amide bonds. The van der Waals surface area contributed by atoms with E-state index in [9.17, 15) is 14.4 Å². The summed E-state index contributed by atoms with van der Waals surface area (Å²) in [6.07, 6.45) is 2.58. The number of thioether (sulfide) groups is 1. The Bertz CT molecular complexity index is 771. The number of likely N-dealkylation sites (tertiary alicyclic amines) is 1. The minimum Gasteiger partial charge on any atom is -0.326 e. The monoisotopic (exact) mass is 349 g/mol. The number of amides is 3. The van der Waals surface area contributed by atoms with Crippen molar-refractivity contribution in [1.29, 1.82) is 0 Å². The molecule has 1 N–H and O–H groups in total. The van der Waals surface area contributed by atoms with Crippen molar-refractivity contribution in [1.82, 2.24) is 9.88 Å². The number of hydrogen-bond acceptors (Lipinski definition) is 6. The summed E-state index contributed by atoms with van der Waals surface area (Å²) >= 11 is 3.16. The number of hydrogen-bond donors (Lipinski definition) is 1. The number of fused-ring (bicyclic) bond motifs is 1. The van der Waals surface area contributed by atoms with Gasteiger partial charge in [-0.15, -0.1) is 11.3 Å². The molecule has 0 bridgehead atoms. The Morgan fingerprint density at radius 2 is 2.09 bits per heavy atom. The Morgan fingerprint density at radius 3 is 2.78 bits per heavy atom. The van der Waals surface area contributed by atoms with Crippen molar-refractivity contribution < 1.29 is 14.4 Å². The molecular formula is C15H15N3O3S2. The van der Waals surface area contributed by atoms with Crippen molar-refractivity contribution in [2.45, 2.75) is 23.6 Å². The van der Waals surface area contributed by atoms with Crippen molar-refractivity contribution in [3.05, 3.63) is 18.2 Å². The summed E-state index contributed by atoms with van der Waals surface area (Å²) in [6.45, 7) is 0.142. The Labute approximate surface area is 141 Å². The first kappa shape index (κ1) is 15.9. The summed E-state index contributed by atoms with van der Waals surface area (Å²) in [5, 5.41) is 2.80. The lowest BCUT2D eigenvalue weighted by Crippen LogP contribution is -2.32. The molecule has 0 aliphatic carbocycles. The van der Waals surface area contributed by atoms with E-state index in [1.165, 1.54) is 0 Å². The van der Waals surface area contributed by atoms with Crippen molar-refractivity contribution in [2.24, 2.45) is 0 Å². The molecule has 0 spiro atoms. The van der Waals surface area contributed by atoms with Crippen molar-refractivity contribution in [3.8, 4) is 0 Å². The molecule has 1 aliphatic rings. The minimum atomic E-state index is -0.216. The van der Waals surface area contributed by atoms with Gasteiger partial charge in [-0.3, -0.25) is 19.3 Å². The van der Waals surface area contributed by atoms with Crippen LogP contribution in [-0.4, -0.2) is 40.4 Å². The number of thiazole rings is 1. The van der Waals surface area contributed by atoms with Crippen LogP contribution in [0.3, 0.4) is 0 Å². The second-order valence-electron chi connectivity index (χ2n) is 5.10. The fourth-order valence-electron chi connectivity index (χ4n) is 2.38. The topological polar surface area (TPSA) is 79.4 Å². The number of carbonyl (C=O) groups excluding carboxylic acids is 3. The van der Waals surface area contributed by atoms with Gasteiger partial charge in [0.1, 0.15) is 0 Å². The van der Waals surface area contributed by atoms with Crippen molar-refractivity contribution >= 4 is 56.7 Å². The second kappa shape index (κ2) is 6.67. The molecule has 1 aromatic carbocycles. The number of benzene rings is 1. The Balaban J connectivity index is 1.61. The molecule has 0 saturated carbocycles. The Kier molecular flexibility index (Phi) is 4.63. The zero-order valence-electron chi connectivity index (χ0n) is 12.5. The standard InChI is InChI=1S/C15H15N3O3S2/c1-22-15-17-10-3-2-9(8-11(10)23-15)16-12(19)6-7-18-13(20)4-5-14(18)21/h2-3,8H,4-7H2,1H3,(H,16,19). The number of imide groups is 1. The molecule has 0 unspecified atom stereocenters. The summed E-state index contributed by atoms with van der Waals surface area (Å²) in [6, 6.07) is 5.56. The normalized spacial score (nSPS) is 14.7. The molecular weight excluding hydrogens is 334 g/mol. The quantitative estimate of drug-likeness (QED) is 0.663. The highest BCUT2D eigenvalue weighted by Gasteiger charge is 2.28. The van der Waals surface area contributed by atoms with E-state index < -0.39 is 0 Å². The number of aromatic nitrogens is 1. The maximum atomic E-state index is 12.0. The van der Waals surface area contributed by atoms with Crippen LogP contribution in [0.2, 0.25) is 0 Å². The molecule has 6 nitrogen and oxygen atoms in total. The van der Waals surface area contributed by atoms with E-state index in [-0.39, 0.29) is 43.5 Å². The molecule has 0 atom stereocenters. The average Bonchev–Trinajstić information content (AvgIpc) is 3.08. The van der Waals surface area contributed by atoms with Gasteiger partial charge in [0.2, 0.25) is 17.7 Å². The molecule has 1 aliphatic heterocycles. The van der Waals surface area contributed by atoms with Crippen molar-refractivity contribution in [3.63, 3.8) is 0 Å². The molecule has 3 rings (SSSR count). The van der Waals surface area contributed by atoms with E-state index in [0.29, 0.717) is 5.69 Å². The van der Waals surface area contributed by atoms with E-state index in [4.69, 9.17) is 0 Å². The highest BCUT2D eigenvalue weighted by atomic mass is 32.2. The number of nitrogens with zero attached hydrogens (tertiary/aromatic N) is 2. The third-order valence-corrected chi connectivity index (χ3v) is 5.55. The SMILES string of the molecule is CSc1nc2ccc(NC(=O)CCN3C(=O)CCC3=O)cc2s1. The third kappa shape index (κ3) is 3.53. The molecule has 0 radical (unpaired) electrons. The minimum absolute atomic E-state index is 0.105. The Hall–Kier alpha value is -1.93. The van der Waals surface area contributed by atoms with E-state index >= 15 is 0 Å². The van der Waals surface area contributed by atoms with Gasteiger partial charge in [0.05, 0.1) is 10.2 Å². The number of nitrogens with one attached hydrogen (secondary N) is 1. The second-order valence-corrected chi connectivity index (χ2v) is 7.19. The van der Waals surface area contributed by atoms with Gasteiger partial charge in [0.25, 0.3) is 0 Å². The van der Waals surface area contributed by atoms with Gasteiger partial charge < -0.3 is 5.32 Å². The lowest BCUT2D eigenvalue weighted by atomic mass is 10.3. The summed E-state index contributed by atoms with van der Waals surface area (Å²) in [5.41, 5.74) is 1.60. The highest BCUT2D eigenvalue weighted by Crippen LogP contribution is 2.30. The molecule has 1 aromatic heterocycles. The van der Waals surface area contributed by atoms with Crippen LogP contribution in [0.15, 0.2) is 22.5 Å².